The summed E-state index contributed by atoms with van der Waals surface area (Å²) in [6, 6.07) is 6.84. The van der Waals surface area contributed by atoms with E-state index < -0.39 is 0 Å². The third-order valence-corrected chi connectivity index (χ3v) is 4.57. The minimum atomic E-state index is -0.160. The van der Waals surface area contributed by atoms with Gasteiger partial charge in [0.2, 0.25) is 0 Å². The van der Waals surface area contributed by atoms with E-state index in [0.29, 0.717) is 11.3 Å². The van der Waals surface area contributed by atoms with Gasteiger partial charge in [0.25, 0.3) is 0 Å². The average Bonchev–Trinajstić information content (AvgIpc) is 2.39. The first-order valence-electron chi connectivity index (χ1n) is 7.18. The average molecular weight is 264 g/mol. The predicted octanol–water partition coefficient (Wildman–Crippen LogP) is 2.68. The normalized spacial score (nSPS) is 23.5. The molecule has 1 aromatic carbocycles. The van der Waals surface area contributed by atoms with Crippen molar-refractivity contribution in [3.05, 3.63) is 35.6 Å². The van der Waals surface area contributed by atoms with Crippen molar-refractivity contribution in [1.82, 2.24) is 4.90 Å². The molecule has 0 amide bonds. The second-order valence-corrected chi connectivity index (χ2v) is 6.35. The van der Waals surface area contributed by atoms with Crippen molar-refractivity contribution in [2.45, 2.75) is 26.7 Å². The Hall–Kier alpha value is -0.930. The molecule has 0 aliphatic carbocycles. The highest BCUT2D eigenvalue weighted by atomic mass is 19.1. The van der Waals surface area contributed by atoms with Gasteiger partial charge in [0.1, 0.15) is 5.82 Å². The third kappa shape index (κ3) is 3.77. The monoisotopic (exact) mass is 264 g/mol. The summed E-state index contributed by atoms with van der Waals surface area (Å²) in [5.41, 5.74) is 7.46. The highest BCUT2D eigenvalue weighted by molar-refractivity contribution is 5.16. The number of halogens is 1. The van der Waals surface area contributed by atoms with Crippen molar-refractivity contribution in [2.75, 3.05) is 26.2 Å². The molecule has 0 bridgehead atoms. The fourth-order valence-corrected chi connectivity index (χ4v) is 2.84. The molecule has 1 atom stereocenters. The van der Waals surface area contributed by atoms with Gasteiger partial charge in [0.15, 0.2) is 0 Å². The zero-order valence-electron chi connectivity index (χ0n) is 12.0. The Kier molecular flexibility index (Phi) is 4.58. The number of hydrogen-bond donors (Lipinski definition) is 1. The Balaban J connectivity index is 1.85. The van der Waals surface area contributed by atoms with Crippen molar-refractivity contribution >= 4 is 0 Å². The number of likely N-dealkylation sites (tertiary alicyclic amines) is 1. The van der Waals surface area contributed by atoms with Crippen LogP contribution in [-0.4, -0.2) is 31.1 Å². The molecule has 1 heterocycles. The van der Waals surface area contributed by atoms with Crippen molar-refractivity contribution < 1.29 is 4.39 Å². The Morgan fingerprint density at radius 3 is 2.63 bits per heavy atom. The van der Waals surface area contributed by atoms with Crippen LogP contribution in [0.5, 0.6) is 0 Å². The fourth-order valence-electron chi connectivity index (χ4n) is 2.84. The molecule has 106 valence electrons. The Labute approximate surface area is 115 Å². The van der Waals surface area contributed by atoms with E-state index in [-0.39, 0.29) is 5.82 Å². The van der Waals surface area contributed by atoms with Crippen LogP contribution in [0.15, 0.2) is 24.3 Å². The van der Waals surface area contributed by atoms with Gasteiger partial charge in [-0.1, -0.05) is 26.0 Å². The number of piperidine rings is 1. The summed E-state index contributed by atoms with van der Waals surface area (Å²) in [6.45, 7) is 8.68. The molecule has 2 N–H and O–H groups in total. The summed E-state index contributed by atoms with van der Waals surface area (Å²) in [6.07, 6.45) is 2.19. The smallest absolute Gasteiger partial charge is 0.123 e. The first kappa shape index (κ1) is 14.5. The summed E-state index contributed by atoms with van der Waals surface area (Å²) >= 11 is 0. The molecule has 1 aliphatic heterocycles. The van der Waals surface area contributed by atoms with Crippen LogP contribution in [0.3, 0.4) is 0 Å². The largest absolute Gasteiger partial charge is 0.330 e. The lowest BCUT2D eigenvalue weighted by atomic mass is 9.73. The van der Waals surface area contributed by atoms with Crippen molar-refractivity contribution in [3.63, 3.8) is 0 Å². The first-order chi connectivity index (χ1) is 9.01. The lowest BCUT2D eigenvalue weighted by Crippen LogP contribution is -2.48. The summed E-state index contributed by atoms with van der Waals surface area (Å²) in [5, 5.41) is 0. The highest BCUT2D eigenvalue weighted by Crippen LogP contribution is 2.34. The second kappa shape index (κ2) is 6.02. The molecule has 0 saturated carbocycles. The molecule has 19 heavy (non-hydrogen) atoms. The maximum atomic E-state index is 12.8. The van der Waals surface area contributed by atoms with Crippen LogP contribution in [0, 0.1) is 17.2 Å². The summed E-state index contributed by atoms with van der Waals surface area (Å²) in [5.74, 6) is 0.418. The summed E-state index contributed by atoms with van der Waals surface area (Å²) in [7, 11) is 0. The quantitative estimate of drug-likeness (QED) is 0.906. The topological polar surface area (TPSA) is 29.3 Å². The van der Waals surface area contributed by atoms with Gasteiger partial charge in [-0.2, -0.15) is 0 Å². The molecule has 0 aromatic heterocycles. The molecule has 2 nitrogen and oxygen atoms in total. The molecular formula is C16H25FN2. The molecule has 1 aromatic rings. The van der Waals surface area contributed by atoms with Gasteiger partial charge >= 0.3 is 0 Å². The molecule has 1 unspecified atom stereocenters. The van der Waals surface area contributed by atoms with Crippen LogP contribution in [0.25, 0.3) is 0 Å². The van der Waals surface area contributed by atoms with E-state index in [1.807, 2.05) is 12.1 Å². The molecule has 2 rings (SSSR count). The second-order valence-electron chi connectivity index (χ2n) is 6.35. The third-order valence-electron chi connectivity index (χ3n) is 4.57. The predicted molar refractivity (Wildman–Crippen MR) is 77.5 cm³/mol. The van der Waals surface area contributed by atoms with Gasteiger partial charge in [-0.15, -0.1) is 0 Å². The SMILES string of the molecule is CC1(C)CCN(CCc2ccc(F)cc2)CC1CN. The number of nitrogens with zero attached hydrogens (tertiary/aromatic N) is 1. The van der Waals surface area contributed by atoms with Crippen LogP contribution in [0.4, 0.5) is 4.39 Å². The molecule has 0 radical (unpaired) electrons. The van der Waals surface area contributed by atoms with E-state index in [1.165, 1.54) is 24.1 Å². The lowest BCUT2D eigenvalue weighted by molar-refractivity contribution is 0.0660. The van der Waals surface area contributed by atoms with E-state index in [1.54, 1.807) is 0 Å². The maximum Gasteiger partial charge on any atom is 0.123 e. The fraction of sp³-hybridized carbons (Fsp3) is 0.625. The summed E-state index contributed by atoms with van der Waals surface area (Å²) in [4.78, 5) is 2.49. The Morgan fingerprint density at radius 2 is 2.00 bits per heavy atom. The highest BCUT2D eigenvalue weighted by Gasteiger charge is 2.34. The van der Waals surface area contributed by atoms with E-state index in [4.69, 9.17) is 5.73 Å². The molecular weight excluding hydrogens is 239 g/mol. The minimum Gasteiger partial charge on any atom is -0.330 e. The number of nitrogens with two attached hydrogens (primary N) is 1. The van der Waals surface area contributed by atoms with Crippen LogP contribution >= 0.6 is 0 Å². The van der Waals surface area contributed by atoms with Crippen molar-refractivity contribution in [3.8, 4) is 0 Å². The Morgan fingerprint density at radius 1 is 1.32 bits per heavy atom. The van der Waals surface area contributed by atoms with Gasteiger partial charge < -0.3 is 10.6 Å². The van der Waals surface area contributed by atoms with Crippen LogP contribution in [0.2, 0.25) is 0 Å². The van der Waals surface area contributed by atoms with E-state index in [0.717, 1.165) is 32.6 Å². The lowest BCUT2D eigenvalue weighted by Gasteiger charge is -2.43. The zero-order valence-corrected chi connectivity index (χ0v) is 12.0. The van der Waals surface area contributed by atoms with Crippen molar-refractivity contribution in [2.24, 2.45) is 17.1 Å². The van der Waals surface area contributed by atoms with Gasteiger partial charge in [0.05, 0.1) is 0 Å². The Bertz CT molecular complexity index is 400. The van der Waals surface area contributed by atoms with Crippen LogP contribution < -0.4 is 5.73 Å². The standard InChI is InChI=1S/C16H25FN2/c1-16(2)8-10-19(12-14(16)11-18)9-7-13-3-5-15(17)6-4-13/h3-6,14H,7-12,18H2,1-2H3. The van der Waals surface area contributed by atoms with Gasteiger partial charge in [-0.05, 0) is 55.0 Å². The zero-order chi connectivity index (χ0) is 13.9. The molecule has 0 spiro atoms. The van der Waals surface area contributed by atoms with Gasteiger partial charge in [-0.3, -0.25) is 0 Å². The molecule has 1 fully saturated rings. The van der Waals surface area contributed by atoms with Gasteiger partial charge in [0, 0.05) is 13.1 Å². The molecule has 1 aliphatic rings. The van der Waals surface area contributed by atoms with Crippen LogP contribution in [0.1, 0.15) is 25.8 Å². The number of hydrogen-bond acceptors (Lipinski definition) is 2. The van der Waals surface area contributed by atoms with E-state index in [9.17, 15) is 4.39 Å². The van der Waals surface area contributed by atoms with E-state index in [2.05, 4.69) is 18.7 Å². The van der Waals surface area contributed by atoms with Gasteiger partial charge in [-0.25, -0.2) is 4.39 Å². The summed E-state index contributed by atoms with van der Waals surface area (Å²) < 4.78 is 12.8. The maximum absolute atomic E-state index is 12.8. The van der Waals surface area contributed by atoms with Crippen molar-refractivity contribution in [1.29, 1.82) is 0 Å². The van der Waals surface area contributed by atoms with E-state index >= 15 is 0 Å². The number of benzene rings is 1. The van der Waals surface area contributed by atoms with Crippen LogP contribution in [-0.2, 0) is 6.42 Å². The molecule has 3 heteroatoms. The number of rotatable bonds is 4. The first-order valence-corrected chi connectivity index (χ1v) is 7.18. The molecule has 1 saturated heterocycles. The minimum absolute atomic E-state index is 0.160.